The second kappa shape index (κ2) is 7.75. The first-order valence-electron chi connectivity index (χ1n) is 5.43. The monoisotopic (exact) mass is 331 g/mol. The van der Waals surface area contributed by atoms with Crippen molar-refractivity contribution < 1.29 is 24.2 Å². The maximum atomic E-state index is 11.5. The highest BCUT2D eigenvalue weighted by atomic mass is 79.9. The molecule has 0 heterocycles. The molecule has 0 radical (unpaired) electrons. The Bertz CT molecular complexity index is 452. The Kier molecular flexibility index (Phi) is 6.31. The normalized spacial score (nSPS) is 11.5. The maximum Gasteiger partial charge on any atom is 0.330 e. The summed E-state index contributed by atoms with van der Waals surface area (Å²) in [5.41, 5.74) is 0. The minimum atomic E-state index is -1.08. The van der Waals surface area contributed by atoms with Crippen LogP contribution in [0.1, 0.15) is 0 Å². The van der Waals surface area contributed by atoms with Crippen LogP contribution in [0.2, 0.25) is 0 Å². The molecule has 0 aromatic heterocycles. The topological polar surface area (TPSA) is 84.9 Å². The molecule has 1 aromatic carbocycles. The van der Waals surface area contributed by atoms with Crippen LogP contribution in [0.4, 0.5) is 0 Å². The van der Waals surface area contributed by atoms with E-state index in [0.29, 0.717) is 5.75 Å². The van der Waals surface area contributed by atoms with Gasteiger partial charge in [0, 0.05) is 4.47 Å². The van der Waals surface area contributed by atoms with Gasteiger partial charge in [-0.1, -0.05) is 22.0 Å². The minimum Gasteiger partial charge on any atom is -0.484 e. The van der Waals surface area contributed by atoms with Gasteiger partial charge in [0.1, 0.15) is 5.75 Å². The number of ether oxygens (including phenoxy) is 2. The lowest BCUT2D eigenvalue weighted by molar-refractivity contribution is -0.146. The Hall–Kier alpha value is -1.60. The van der Waals surface area contributed by atoms with Gasteiger partial charge in [-0.25, -0.2) is 4.79 Å². The van der Waals surface area contributed by atoms with Crippen molar-refractivity contribution in [2.45, 2.75) is 6.04 Å². The summed E-state index contributed by atoms with van der Waals surface area (Å²) in [6.45, 7) is -0.792. The lowest BCUT2D eigenvalue weighted by Gasteiger charge is -2.14. The molecule has 7 heteroatoms. The number of hydrogen-bond acceptors (Lipinski definition) is 5. The van der Waals surface area contributed by atoms with Crippen molar-refractivity contribution in [1.82, 2.24) is 5.32 Å². The molecule has 1 amide bonds. The van der Waals surface area contributed by atoms with Gasteiger partial charge in [0.15, 0.2) is 12.6 Å². The molecule has 19 heavy (non-hydrogen) atoms. The van der Waals surface area contributed by atoms with Crippen LogP contribution in [0, 0.1) is 0 Å². The highest BCUT2D eigenvalue weighted by Gasteiger charge is 2.20. The fourth-order valence-corrected chi connectivity index (χ4v) is 1.64. The largest absolute Gasteiger partial charge is 0.484 e. The Balaban J connectivity index is 2.45. The van der Waals surface area contributed by atoms with Crippen LogP contribution in [0.25, 0.3) is 0 Å². The third-order valence-corrected chi connectivity index (χ3v) is 2.66. The molecule has 0 saturated heterocycles. The summed E-state index contributed by atoms with van der Waals surface area (Å²) in [7, 11) is 1.18. The Morgan fingerprint density at radius 3 is 2.79 bits per heavy atom. The zero-order valence-electron chi connectivity index (χ0n) is 10.3. The van der Waals surface area contributed by atoms with E-state index in [-0.39, 0.29) is 6.61 Å². The smallest absolute Gasteiger partial charge is 0.330 e. The van der Waals surface area contributed by atoms with Crippen molar-refractivity contribution in [3.63, 3.8) is 0 Å². The molecule has 0 fully saturated rings. The van der Waals surface area contributed by atoms with E-state index in [4.69, 9.17) is 9.84 Å². The number of nitrogens with one attached hydrogen (secondary N) is 1. The first-order valence-corrected chi connectivity index (χ1v) is 6.22. The highest BCUT2D eigenvalue weighted by Crippen LogP contribution is 2.17. The first-order chi connectivity index (χ1) is 9.06. The van der Waals surface area contributed by atoms with E-state index in [0.717, 1.165) is 4.47 Å². The number of methoxy groups -OCH3 is 1. The van der Waals surface area contributed by atoms with Gasteiger partial charge in [-0.05, 0) is 18.2 Å². The number of halogens is 1. The van der Waals surface area contributed by atoms with Crippen molar-refractivity contribution in [2.24, 2.45) is 0 Å². The predicted octanol–water partition coefficient (Wildman–Crippen LogP) is 0.478. The molecule has 0 bridgehead atoms. The first kappa shape index (κ1) is 15.5. The lowest BCUT2D eigenvalue weighted by atomic mass is 10.3. The molecule has 1 aromatic rings. The van der Waals surface area contributed by atoms with Gasteiger partial charge in [0.05, 0.1) is 13.7 Å². The number of esters is 1. The van der Waals surface area contributed by atoms with Crippen LogP contribution in [0.15, 0.2) is 28.7 Å². The van der Waals surface area contributed by atoms with Crippen LogP contribution in [-0.2, 0) is 14.3 Å². The number of aliphatic hydroxyl groups is 1. The molecule has 6 nitrogen and oxygen atoms in total. The third-order valence-electron chi connectivity index (χ3n) is 2.17. The van der Waals surface area contributed by atoms with Crippen LogP contribution < -0.4 is 10.1 Å². The van der Waals surface area contributed by atoms with Crippen LogP contribution in [0.5, 0.6) is 5.75 Å². The molecular weight excluding hydrogens is 318 g/mol. The molecule has 0 saturated carbocycles. The fourth-order valence-electron chi connectivity index (χ4n) is 1.26. The SMILES string of the molecule is COC(=O)C(CO)NC(=O)COc1cccc(Br)c1. The quantitative estimate of drug-likeness (QED) is 0.740. The van der Waals surface area contributed by atoms with Crippen molar-refractivity contribution in [3.8, 4) is 5.75 Å². The molecule has 1 atom stereocenters. The zero-order chi connectivity index (χ0) is 14.3. The summed E-state index contributed by atoms with van der Waals surface area (Å²) >= 11 is 3.27. The van der Waals surface area contributed by atoms with E-state index in [2.05, 4.69) is 26.0 Å². The number of amides is 1. The van der Waals surface area contributed by atoms with Gasteiger partial charge in [0.2, 0.25) is 0 Å². The highest BCUT2D eigenvalue weighted by molar-refractivity contribution is 9.10. The molecular formula is C12H14BrNO5. The van der Waals surface area contributed by atoms with E-state index in [1.54, 1.807) is 18.2 Å². The molecule has 1 rings (SSSR count). The van der Waals surface area contributed by atoms with Crippen molar-refractivity contribution >= 4 is 27.8 Å². The fraction of sp³-hybridized carbons (Fsp3) is 0.333. The molecule has 1 unspecified atom stereocenters. The van der Waals surface area contributed by atoms with Gasteiger partial charge < -0.3 is 19.9 Å². The molecule has 2 N–H and O–H groups in total. The van der Waals surface area contributed by atoms with E-state index in [1.807, 2.05) is 6.07 Å². The van der Waals surface area contributed by atoms with Crippen molar-refractivity contribution in [1.29, 1.82) is 0 Å². The maximum absolute atomic E-state index is 11.5. The van der Waals surface area contributed by atoms with Crippen LogP contribution in [0.3, 0.4) is 0 Å². The standard InChI is InChI=1S/C12H14BrNO5/c1-18-12(17)10(6-15)14-11(16)7-19-9-4-2-3-8(13)5-9/h2-5,10,15H,6-7H2,1H3,(H,14,16). The molecule has 0 aliphatic rings. The minimum absolute atomic E-state index is 0.260. The predicted molar refractivity (Wildman–Crippen MR) is 70.7 cm³/mol. The number of carbonyl (C=O) groups excluding carboxylic acids is 2. The number of rotatable bonds is 6. The molecule has 0 spiro atoms. The zero-order valence-corrected chi connectivity index (χ0v) is 11.8. The summed E-state index contributed by atoms with van der Waals surface area (Å²) in [6, 6.07) is 5.91. The number of carbonyl (C=O) groups is 2. The third kappa shape index (κ3) is 5.27. The van der Waals surface area contributed by atoms with Gasteiger partial charge in [-0.15, -0.1) is 0 Å². The van der Waals surface area contributed by atoms with E-state index < -0.39 is 24.5 Å². The molecule has 104 valence electrons. The molecule has 0 aliphatic heterocycles. The van der Waals surface area contributed by atoms with Gasteiger partial charge in [-0.3, -0.25) is 4.79 Å². The second-order valence-electron chi connectivity index (χ2n) is 3.57. The van der Waals surface area contributed by atoms with E-state index in [9.17, 15) is 9.59 Å². The van der Waals surface area contributed by atoms with E-state index in [1.165, 1.54) is 7.11 Å². The van der Waals surface area contributed by atoms with Crippen LogP contribution in [-0.4, -0.2) is 43.3 Å². The lowest BCUT2D eigenvalue weighted by Crippen LogP contribution is -2.45. The Morgan fingerprint density at radius 1 is 1.47 bits per heavy atom. The summed E-state index contributed by atoms with van der Waals surface area (Å²) in [6.07, 6.45) is 0. The Labute approximate surface area is 118 Å². The van der Waals surface area contributed by atoms with Crippen molar-refractivity contribution in [3.05, 3.63) is 28.7 Å². The van der Waals surface area contributed by atoms with Gasteiger partial charge in [-0.2, -0.15) is 0 Å². The van der Waals surface area contributed by atoms with Gasteiger partial charge in [0.25, 0.3) is 5.91 Å². The van der Waals surface area contributed by atoms with E-state index >= 15 is 0 Å². The summed E-state index contributed by atoms with van der Waals surface area (Å²) < 4.78 is 10.5. The summed E-state index contributed by atoms with van der Waals surface area (Å²) in [5.74, 6) is -0.717. The Morgan fingerprint density at radius 2 is 2.21 bits per heavy atom. The number of benzene rings is 1. The average molecular weight is 332 g/mol. The second-order valence-corrected chi connectivity index (χ2v) is 4.49. The van der Waals surface area contributed by atoms with Gasteiger partial charge >= 0.3 is 5.97 Å². The summed E-state index contributed by atoms with van der Waals surface area (Å²) in [5, 5.41) is 11.2. The number of hydrogen-bond donors (Lipinski definition) is 2. The number of aliphatic hydroxyl groups excluding tert-OH is 1. The van der Waals surface area contributed by atoms with Crippen LogP contribution >= 0.6 is 15.9 Å². The van der Waals surface area contributed by atoms with Crippen molar-refractivity contribution in [2.75, 3.05) is 20.3 Å². The average Bonchev–Trinajstić information content (AvgIpc) is 2.41. The molecule has 0 aliphatic carbocycles. The summed E-state index contributed by atoms with van der Waals surface area (Å²) in [4.78, 5) is 22.7.